The number of nitrogens with zero attached hydrogens (tertiary/aromatic N) is 2. The van der Waals surface area contributed by atoms with Crippen molar-refractivity contribution in [2.45, 2.75) is 39.8 Å². The third-order valence-corrected chi connectivity index (χ3v) is 5.65. The van der Waals surface area contributed by atoms with E-state index < -0.39 is 0 Å². The molecule has 2 aromatic rings. The molecule has 1 heterocycles. The van der Waals surface area contributed by atoms with Crippen LogP contribution in [0.3, 0.4) is 0 Å². The molecule has 0 radical (unpaired) electrons. The molecule has 0 spiro atoms. The van der Waals surface area contributed by atoms with Crippen LogP contribution >= 0.6 is 0 Å². The van der Waals surface area contributed by atoms with Crippen LogP contribution in [0.5, 0.6) is 0 Å². The van der Waals surface area contributed by atoms with E-state index in [0.717, 1.165) is 42.9 Å². The molecule has 0 aromatic heterocycles. The zero-order valence-corrected chi connectivity index (χ0v) is 19.1. The molecule has 0 unspecified atom stereocenters. The van der Waals surface area contributed by atoms with Gasteiger partial charge in [0.1, 0.15) is 0 Å². The van der Waals surface area contributed by atoms with Crippen molar-refractivity contribution in [1.82, 2.24) is 15.1 Å². The average molecular weight is 423 g/mol. The highest BCUT2D eigenvalue weighted by molar-refractivity contribution is 5.94. The number of likely N-dealkylation sites (N-methyl/N-ethyl adjacent to an activating group) is 1. The summed E-state index contributed by atoms with van der Waals surface area (Å²) in [5, 5.41) is 6.11. The summed E-state index contributed by atoms with van der Waals surface area (Å²) < 4.78 is 0. The summed E-state index contributed by atoms with van der Waals surface area (Å²) in [5.41, 5.74) is 5.42. The predicted molar refractivity (Wildman–Crippen MR) is 125 cm³/mol. The molecule has 166 valence electrons. The molecule has 2 N–H and O–H groups in total. The second kappa shape index (κ2) is 10.6. The summed E-state index contributed by atoms with van der Waals surface area (Å²) in [4.78, 5) is 29.0. The number of likely N-dealkylation sites (tertiary alicyclic amines) is 1. The molecule has 1 atom stereocenters. The smallest absolute Gasteiger partial charge is 0.238 e. The van der Waals surface area contributed by atoms with Gasteiger partial charge in [-0.3, -0.25) is 19.4 Å². The first-order valence-corrected chi connectivity index (χ1v) is 10.9. The first kappa shape index (κ1) is 23.0. The van der Waals surface area contributed by atoms with E-state index in [-0.39, 0.29) is 30.9 Å². The van der Waals surface area contributed by atoms with Gasteiger partial charge in [-0.15, -0.1) is 0 Å². The molecule has 3 rings (SSSR count). The number of amides is 2. The first-order valence-electron chi connectivity index (χ1n) is 10.9. The highest BCUT2D eigenvalue weighted by Crippen LogP contribution is 2.21. The van der Waals surface area contributed by atoms with Gasteiger partial charge in [0.05, 0.1) is 13.1 Å². The van der Waals surface area contributed by atoms with Crippen molar-refractivity contribution in [2.75, 3.05) is 38.5 Å². The van der Waals surface area contributed by atoms with Crippen LogP contribution in [0, 0.1) is 20.8 Å². The van der Waals surface area contributed by atoms with Crippen molar-refractivity contribution in [1.29, 1.82) is 0 Å². The van der Waals surface area contributed by atoms with Gasteiger partial charge in [0.2, 0.25) is 11.8 Å². The Kier molecular flexibility index (Phi) is 7.82. The van der Waals surface area contributed by atoms with Crippen molar-refractivity contribution in [3.63, 3.8) is 0 Å². The van der Waals surface area contributed by atoms with E-state index in [4.69, 9.17) is 0 Å². The molecule has 0 saturated carbocycles. The Balaban J connectivity index is 1.41. The lowest BCUT2D eigenvalue weighted by atomic mass is 10.1. The monoisotopic (exact) mass is 422 g/mol. The van der Waals surface area contributed by atoms with E-state index in [9.17, 15) is 9.59 Å². The summed E-state index contributed by atoms with van der Waals surface area (Å²) in [6.45, 7) is 9.16. The summed E-state index contributed by atoms with van der Waals surface area (Å²) in [6.07, 6.45) is 0.953. The molecule has 2 aromatic carbocycles. The number of carbonyl (C=O) groups is 2. The first-order chi connectivity index (χ1) is 14.8. The van der Waals surface area contributed by atoms with Crippen LogP contribution in [0.25, 0.3) is 0 Å². The van der Waals surface area contributed by atoms with Crippen LogP contribution in [-0.2, 0) is 16.1 Å². The number of carbonyl (C=O) groups excluding carboxylic acids is 2. The van der Waals surface area contributed by atoms with Crippen molar-refractivity contribution in [3.8, 4) is 0 Å². The Morgan fingerprint density at radius 3 is 2.35 bits per heavy atom. The molecule has 2 amide bonds. The van der Waals surface area contributed by atoms with Crippen LogP contribution in [0.4, 0.5) is 5.69 Å². The van der Waals surface area contributed by atoms with Crippen molar-refractivity contribution in [3.05, 3.63) is 64.7 Å². The van der Waals surface area contributed by atoms with Gasteiger partial charge in [-0.05, 0) is 50.9 Å². The summed E-state index contributed by atoms with van der Waals surface area (Å²) in [6, 6.07) is 14.7. The molecule has 0 aliphatic carbocycles. The number of rotatable bonds is 8. The number of benzene rings is 2. The third kappa shape index (κ3) is 6.91. The topological polar surface area (TPSA) is 64.7 Å². The minimum Gasteiger partial charge on any atom is -0.351 e. The second-order valence-corrected chi connectivity index (χ2v) is 8.77. The lowest BCUT2D eigenvalue weighted by molar-refractivity contribution is -0.123. The van der Waals surface area contributed by atoms with E-state index >= 15 is 0 Å². The average Bonchev–Trinajstić information content (AvgIpc) is 3.11. The van der Waals surface area contributed by atoms with Gasteiger partial charge in [-0.2, -0.15) is 0 Å². The molecule has 1 aliphatic heterocycles. The van der Waals surface area contributed by atoms with E-state index in [1.54, 1.807) is 11.9 Å². The van der Waals surface area contributed by atoms with E-state index in [1.807, 2.05) is 26.8 Å². The Labute approximate surface area is 185 Å². The largest absolute Gasteiger partial charge is 0.351 e. The van der Waals surface area contributed by atoms with Crippen LogP contribution in [0.15, 0.2) is 42.5 Å². The number of aryl methyl sites for hydroxylation is 3. The zero-order chi connectivity index (χ0) is 22.4. The maximum Gasteiger partial charge on any atom is 0.238 e. The van der Waals surface area contributed by atoms with Gasteiger partial charge in [0, 0.05) is 31.4 Å². The molecule has 31 heavy (non-hydrogen) atoms. The zero-order valence-electron chi connectivity index (χ0n) is 19.1. The van der Waals surface area contributed by atoms with Gasteiger partial charge in [-0.1, -0.05) is 48.0 Å². The van der Waals surface area contributed by atoms with Crippen molar-refractivity contribution < 1.29 is 9.59 Å². The molecule has 6 nitrogen and oxygen atoms in total. The van der Waals surface area contributed by atoms with Gasteiger partial charge in [-0.25, -0.2) is 0 Å². The molecule has 1 fully saturated rings. The lowest BCUT2D eigenvalue weighted by Gasteiger charge is -2.20. The minimum absolute atomic E-state index is 0.0374. The molecular formula is C25H34N4O2. The molecule has 0 bridgehead atoms. The molecule has 1 aliphatic rings. The Bertz CT molecular complexity index is 890. The highest BCUT2D eigenvalue weighted by atomic mass is 16.2. The number of anilines is 1. The van der Waals surface area contributed by atoms with Gasteiger partial charge in [0.15, 0.2) is 0 Å². The van der Waals surface area contributed by atoms with Crippen molar-refractivity contribution in [2.24, 2.45) is 0 Å². The van der Waals surface area contributed by atoms with Crippen LogP contribution in [0.1, 0.15) is 28.7 Å². The Hall–Kier alpha value is -2.70. The summed E-state index contributed by atoms with van der Waals surface area (Å²) in [7, 11) is 1.80. The summed E-state index contributed by atoms with van der Waals surface area (Å²) in [5.74, 6) is -0.148. The van der Waals surface area contributed by atoms with Crippen LogP contribution in [0.2, 0.25) is 0 Å². The van der Waals surface area contributed by atoms with Gasteiger partial charge in [0.25, 0.3) is 0 Å². The number of hydrogen-bond acceptors (Lipinski definition) is 4. The Morgan fingerprint density at radius 1 is 1.03 bits per heavy atom. The third-order valence-electron chi connectivity index (χ3n) is 5.65. The molecule has 6 heteroatoms. The van der Waals surface area contributed by atoms with Gasteiger partial charge >= 0.3 is 0 Å². The van der Waals surface area contributed by atoms with Crippen LogP contribution < -0.4 is 10.6 Å². The quantitative estimate of drug-likeness (QED) is 0.687. The Morgan fingerprint density at radius 2 is 1.68 bits per heavy atom. The van der Waals surface area contributed by atoms with E-state index in [2.05, 4.69) is 51.9 Å². The van der Waals surface area contributed by atoms with Crippen LogP contribution in [-0.4, -0.2) is 60.9 Å². The standard InChI is InChI=1S/C25H34N4O2/c1-18-12-19(2)25(20(3)13-18)27-24(31)17-28(4)16-23(30)26-22-10-11-29(15-22)14-21-8-6-5-7-9-21/h5-9,12-13,22H,10-11,14-17H2,1-4H3,(H,26,30)(H,27,31)/t22-/m0/s1. The maximum absolute atomic E-state index is 12.5. The minimum atomic E-state index is -0.111. The predicted octanol–water partition coefficient (Wildman–Crippen LogP) is 2.87. The summed E-state index contributed by atoms with van der Waals surface area (Å²) >= 11 is 0. The maximum atomic E-state index is 12.5. The number of nitrogens with one attached hydrogen (secondary N) is 2. The number of hydrogen-bond donors (Lipinski definition) is 2. The fourth-order valence-electron chi connectivity index (χ4n) is 4.31. The fraction of sp³-hybridized carbons (Fsp3) is 0.440. The molecule has 1 saturated heterocycles. The fourth-order valence-corrected chi connectivity index (χ4v) is 4.31. The van der Waals surface area contributed by atoms with E-state index in [0.29, 0.717) is 0 Å². The van der Waals surface area contributed by atoms with E-state index in [1.165, 1.54) is 11.1 Å². The molecular weight excluding hydrogens is 388 g/mol. The normalized spacial score (nSPS) is 16.5. The van der Waals surface area contributed by atoms with Gasteiger partial charge < -0.3 is 10.6 Å². The highest BCUT2D eigenvalue weighted by Gasteiger charge is 2.24. The van der Waals surface area contributed by atoms with Crippen molar-refractivity contribution >= 4 is 17.5 Å². The lowest BCUT2D eigenvalue weighted by Crippen LogP contribution is -2.43. The SMILES string of the molecule is Cc1cc(C)c(NC(=O)CN(C)CC(=O)N[C@H]2CCN(Cc3ccccc3)C2)c(C)c1. The second-order valence-electron chi connectivity index (χ2n) is 8.77.